The van der Waals surface area contributed by atoms with Gasteiger partial charge < -0.3 is 10.3 Å². The average Bonchev–Trinajstić information content (AvgIpc) is 2.90. The molecule has 0 aliphatic rings. The summed E-state index contributed by atoms with van der Waals surface area (Å²) < 4.78 is 3.25. The van der Waals surface area contributed by atoms with Gasteiger partial charge in [-0.3, -0.25) is 9.78 Å². The van der Waals surface area contributed by atoms with Gasteiger partial charge in [0.2, 0.25) is 0 Å². The molecule has 0 aliphatic heterocycles. The molecule has 0 fully saturated rings. The highest BCUT2D eigenvalue weighted by Gasteiger charge is 2.10. The molecule has 3 rings (SSSR count). The lowest BCUT2D eigenvalue weighted by Gasteiger charge is -2.07. The van der Waals surface area contributed by atoms with Crippen LogP contribution in [0.4, 0.5) is 0 Å². The number of fused-ring (bicyclic) bond motifs is 1. The molecule has 2 N–H and O–H groups in total. The van der Waals surface area contributed by atoms with Crippen molar-refractivity contribution in [2.24, 2.45) is 12.8 Å². The minimum absolute atomic E-state index is 0.177. The molecule has 0 aromatic carbocycles. The molecule has 0 saturated heterocycles. The number of hydrogen-bond donors (Lipinski definition) is 1. The van der Waals surface area contributed by atoms with Gasteiger partial charge >= 0.3 is 0 Å². The van der Waals surface area contributed by atoms with E-state index < -0.39 is 0 Å². The van der Waals surface area contributed by atoms with Gasteiger partial charge in [-0.1, -0.05) is 0 Å². The highest BCUT2D eigenvalue weighted by molar-refractivity contribution is 5.63. The molecule has 0 unspecified atom stereocenters. The number of pyridine rings is 1. The minimum Gasteiger partial charge on any atom is -0.331 e. The van der Waals surface area contributed by atoms with E-state index in [1.165, 1.54) is 10.6 Å². The van der Waals surface area contributed by atoms with Crippen LogP contribution in [0.5, 0.6) is 0 Å². The summed E-state index contributed by atoms with van der Waals surface area (Å²) in [6.45, 7) is 0.315. The topological polar surface area (TPSA) is 78.2 Å². The molecule has 0 atom stereocenters. The summed E-state index contributed by atoms with van der Waals surface area (Å²) in [4.78, 5) is 16.0. The van der Waals surface area contributed by atoms with E-state index in [0.29, 0.717) is 12.2 Å². The van der Waals surface area contributed by atoms with Crippen molar-refractivity contribution in [3.8, 4) is 11.3 Å². The molecule has 3 aromatic rings. The Morgan fingerprint density at radius 1 is 1.37 bits per heavy atom. The van der Waals surface area contributed by atoms with E-state index in [4.69, 9.17) is 5.73 Å². The van der Waals surface area contributed by atoms with Crippen molar-refractivity contribution in [2.75, 3.05) is 0 Å². The molecule has 0 radical (unpaired) electrons. The summed E-state index contributed by atoms with van der Waals surface area (Å²) in [6.07, 6.45) is 3.42. The Labute approximate surface area is 109 Å². The average molecular weight is 255 g/mol. The predicted octanol–water partition coefficient (Wildman–Crippen LogP) is 0.554. The van der Waals surface area contributed by atoms with Gasteiger partial charge in [-0.2, -0.15) is 9.61 Å². The lowest BCUT2D eigenvalue weighted by molar-refractivity contribution is 0.766. The standard InChI is InChI=1S/C13H13N5O/c1-17-10(7-14)5-13(19)18-12(17)6-11(16-18)9-3-2-4-15-8-9/h2-6,8H,7,14H2,1H3. The Morgan fingerprint density at radius 3 is 2.89 bits per heavy atom. The normalized spacial score (nSPS) is 11.1. The maximum absolute atomic E-state index is 12.0. The van der Waals surface area contributed by atoms with Crippen LogP contribution in [0, 0.1) is 0 Å². The fraction of sp³-hybridized carbons (Fsp3) is 0.154. The third-order valence-electron chi connectivity index (χ3n) is 3.13. The van der Waals surface area contributed by atoms with E-state index in [-0.39, 0.29) is 5.56 Å². The van der Waals surface area contributed by atoms with Gasteiger partial charge in [0.15, 0.2) is 0 Å². The smallest absolute Gasteiger partial charge is 0.274 e. The number of aryl methyl sites for hydroxylation is 1. The fourth-order valence-electron chi connectivity index (χ4n) is 2.07. The number of rotatable bonds is 2. The van der Waals surface area contributed by atoms with Crippen LogP contribution in [0.25, 0.3) is 16.9 Å². The lowest BCUT2D eigenvalue weighted by Crippen LogP contribution is -2.21. The van der Waals surface area contributed by atoms with Gasteiger partial charge in [-0.25, -0.2) is 0 Å². The number of aromatic nitrogens is 4. The zero-order valence-corrected chi connectivity index (χ0v) is 10.4. The molecule has 0 saturated carbocycles. The summed E-state index contributed by atoms with van der Waals surface area (Å²) in [5.74, 6) is 0. The molecule has 0 bridgehead atoms. The van der Waals surface area contributed by atoms with E-state index >= 15 is 0 Å². The Morgan fingerprint density at radius 2 is 2.21 bits per heavy atom. The Balaban J connectivity index is 2.30. The molecule has 0 spiro atoms. The van der Waals surface area contributed by atoms with Crippen molar-refractivity contribution < 1.29 is 0 Å². The Kier molecular flexibility index (Phi) is 2.64. The molecular weight excluding hydrogens is 242 g/mol. The summed E-state index contributed by atoms with van der Waals surface area (Å²) in [7, 11) is 1.87. The van der Waals surface area contributed by atoms with E-state index in [0.717, 1.165) is 17.0 Å². The first-order chi connectivity index (χ1) is 9.20. The monoisotopic (exact) mass is 255 g/mol. The second-order valence-corrected chi connectivity index (χ2v) is 4.28. The summed E-state index contributed by atoms with van der Waals surface area (Å²) in [6, 6.07) is 7.11. The number of nitrogens with zero attached hydrogens (tertiary/aromatic N) is 4. The summed E-state index contributed by atoms with van der Waals surface area (Å²) in [5.41, 5.74) is 8.53. The lowest BCUT2D eigenvalue weighted by atomic mass is 10.2. The molecular formula is C13H13N5O. The van der Waals surface area contributed by atoms with Crippen molar-refractivity contribution in [1.29, 1.82) is 0 Å². The molecule has 19 heavy (non-hydrogen) atoms. The van der Waals surface area contributed by atoms with Gasteiger partial charge in [0.05, 0.1) is 5.69 Å². The van der Waals surface area contributed by atoms with Crippen molar-refractivity contribution in [3.05, 3.63) is 52.7 Å². The van der Waals surface area contributed by atoms with Crippen LogP contribution in [-0.2, 0) is 13.6 Å². The first-order valence-electron chi connectivity index (χ1n) is 5.90. The molecule has 3 heterocycles. The van der Waals surface area contributed by atoms with Gasteiger partial charge in [-0.05, 0) is 12.1 Å². The van der Waals surface area contributed by atoms with Crippen molar-refractivity contribution in [2.45, 2.75) is 6.54 Å². The second kappa shape index (κ2) is 4.33. The molecule has 0 aliphatic carbocycles. The summed E-state index contributed by atoms with van der Waals surface area (Å²) in [5, 5.41) is 4.32. The number of hydrogen-bond acceptors (Lipinski definition) is 4. The largest absolute Gasteiger partial charge is 0.331 e. The highest BCUT2D eigenvalue weighted by atomic mass is 16.1. The Hall–Kier alpha value is -2.47. The van der Waals surface area contributed by atoms with Crippen LogP contribution in [0.1, 0.15) is 5.69 Å². The van der Waals surface area contributed by atoms with Crippen LogP contribution in [0.2, 0.25) is 0 Å². The minimum atomic E-state index is -0.177. The maximum atomic E-state index is 12.0. The third kappa shape index (κ3) is 1.82. The van der Waals surface area contributed by atoms with Crippen LogP contribution >= 0.6 is 0 Å². The number of nitrogens with two attached hydrogens (primary N) is 1. The van der Waals surface area contributed by atoms with Crippen LogP contribution in [0.15, 0.2) is 41.5 Å². The first kappa shape index (κ1) is 11.6. The fourth-order valence-corrected chi connectivity index (χ4v) is 2.07. The third-order valence-corrected chi connectivity index (χ3v) is 3.13. The Bertz CT molecular complexity index is 788. The summed E-state index contributed by atoms with van der Waals surface area (Å²) >= 11 is 0. The molecule has 6 heteroatoms. The predicted molar refractivity (Wildman–Crippen MR) is 71.6 cm³/mol. The van der Waals surface area contributed by atoms with E-state index in [9.17, 15) is 4.79 Å². The van der Waals surface area contributed by atoms with Gasteiger partial charge in [0.1, 0.15) is 5.65 Å². The van der Waals surface area contributed by atoms with Crippen molar-refractivity contribution >= 4 is 5.65 Å². The zero-order chi connectivity index (χ0) is 13.4. The van der Waals surface area contributed by atoms with Gasteiger partial charge in [-0.15, -0.1) is 0 Å². The quantitative estimate of drug-likeness (QED) is 0.725. The van der Waals surface area contributed by atoms with Gasteiger partial charge in [0.25, 0.3) is 5.56 Å². The van der Waals surface area contributed by atoms with Crippen LogP contribution < -0.4 is 11.3 Å². The molecule has 3 aromatic heterocycles. The highest BCUT2D eigenvalue weighted by Crippen LogP contribution is 2.17. The van der Waals surface area contributed by atoms with Crippen LogP contribution in [0.3, 0.4) is 0 Å². The molecule has 6 nitrogen and oxygen atoms in total. The van der Waals surface area contributed by atoms with Gasteiger partial charge in [0, 0.05) is 49.4 Å². The molecule has 0 amide bonds. The van der Waals surface area contributed by atoms with Crippen molar-refractivity contribution in [1.82, 2.24) is 19.2 Å². The maximum Gasteiger partial charge on any atom is 0.274 e. The SMILES string of the molecule is Cn1c(CN)cc(=O)n2nc(-c3cccnc3)cc12. The molecule has 96 valence electrons. The second-order valence-electron chi connectivity index (χ2n) is 4.28. The van der Waals surface area contributed by atoms with Crippen molar-refractivity contribution in [3.63, 3.8) is 0 Å². The van der Waals surface area contributed by atoms with E-state index in [2.05, 4.69) is 10.1 Å². The first-order valence-corrected chi connectivity index (χ1v) is 5.90. The van der Waals surface area contributed by atoms with E-state index in [1.807, 2.05) is 29.8 Å². The van der Waals surface area contributed by atoms with Crippen LogP contribution in [-0.4, -0.2) is 19.2 Å². The zero-order valence-electron chi connectivity index (χ0n) is 10.4. The van der Waals surface area contributed by atoms with E-state index in [1.54, 1.807) is 12.4 Å².